The van der Waals surface area contributed by atoms with Crippen molar-refractivity contribution < 1.29 is 14.3 Å². The zero-order chi connectivity index (χ0) is 15.5. The van der Waals surface area contributed by atoms with E-state index in [-0.39, 0.29) is 24.3 Å². The van der Waals surface area contributed by atoms with E-state index >= 15 is 0 Å². The largest absolute Gasteiger partial charge is 0.441 e. The van der Waals surface area contributed by atoms with Crippen LogP contribution in [-0.4, -0.2) is 41.7 Å². The molecule has 3 rings (SSSR count). The van der Waals surface area contributed by atoms with Gasteiger partial charge in [-0.2, -0.15) is 11.3 Å². The molecule has 2 unspecified atom stereocenters. The van der Waals surface area contributed by atoms with Crippen LogP contribution in [0, 0.1) is 12.8 Å². The molecule has 0 aliphatic carbocycles. The van der Waals surface area contributed by atoms with Crippen LogP contribution in [0.1, 0.15) is 11.5 Å². The fourth-order valence-electron chi connectivity index (χ4n) is 2.49. The van der Waals surface area contributed by atoms with Gasteiger partial charge in [-0.1, -0.05) is 0 Å². The number of rotatable bonds is 5. The van der Waals surface area contributed by atoms with Crippen LogP contribution in [-0.2, 0) is 11.2 Å². The molecule has 1 aliphatic rings. The summed E-state index contributed by atoms with van der Waals surface area (Å²) in [6, 6.07) is 1.94. The van der Waals surface area contributed by atoms with Crippen LogP contribution in [0.5, 0.6) is 0 Å². The maximum absolute atomic E-state index is 12.0. The third-order valence-electron chi connectivity index (χ3n) is 3.85. The van der Waals surface area contributed by atoms with Gasteiger partial charge in [0.1, 0.15) is 5.76 Å². The summed E-state index contributed by atoms with van der Waals surface area (Å²) >= 11 is 1.58. The van der Waals surface area contributed by atoms with E-state index in [1.54, 1.807) is 11.3 Å². The second kappa shape index (κ2) is 6.60. The number of carbonyl (C=O) groups excluding carboxylic acids is 1. The van der Waals surface area contributed by atoms with E-state index in [1.165, 1.54) is 0 Å². The van der Waals surface area contributed by atoms with Gasteiger partial charge in [0.2, 0.25) is 11.8 Å². The SMILES string of the molecule is Cc1oc(-c2ccsc2)nc1CC(=O)NCC1CNCC1O. The first-order valence-corrected chi connectivity index (χ1v) is 8.22. The molecule has 1 fully saturated rings. The topological polar surface area (TPSA) is 87.4 Å². The van der Waals surface area contributed by atoms with Gasteiger partial charge in [0.25, 0.3) is 0 Å². The standard InChI is InChI=1S/C15H19N3O3S/c1-9-12(18-15(21-9)10-2-3-22-8-10)4-14(20)17-6-11-5-16-7-13(11)19/h2-3,8,11,13,16,19H,4-7H2,1H3,(H,17,20). The third kappa shape index (κ3) is 3.37. The van der Waals surface area contributed by atoms with Crippen LogP contribution in [0.15, 0.2) is 21.2 Å². The van der Waals surface area contributed by atoms with Crippen LogP contribution >= 0.6 is 11.3 Å². The van der Waals surface area contributed by atoms with Crippen molar-refractivity contribution in [2.24, 2.45) is 5.92 Å². The summed E-state index contributed by atoms with van der Waals surface area (Å²) in [5.74, 6) is 1.19. The van der Waals surface area contributed by atoms with Crippen molar-refractivity contribution in [2.45, 2.75) is 19.4 Å². The Morgan fingerprint density at radius 1 is 1.59 bits per heavy atom. The average Bonchev–Trinajstić information content (AvgIpc) is 3.19. The molecule has 2 aromatic rings. The first-order valence-electron chi connectivity index (χ1n) is 7.28. The number of hydrogen-bond acceptors (Lipinski definition) is 6. The normalized spacial score (nSPS) is 21.2. The highest BCUT2D eigenvalue weighted by atomic mass is 32.1. The molecule has 118 valence electrons. The van der Waals surface area contributed by atoms with Crippen molar-refractivity contribution in [3.05, 3.63) is 28.3 Å². The van der Waals surface area contributed by atoms with Gasteiger partial charge < -0.3 is 20.2 Å². The molecule has 22 heavy (non-hydrogen) atoms. The van der Waals surface area contributed by atoms with Crippen LogP contribution in [0.3, 0.4) is 0 Å². The van der Waals surface area contributed by atoms with Crippen molar-refractivity contribution in [1.29, 1.82) is 0 Å². The first kappa shape index (κ1) is 15.2. The van der Waals surface area contributed by atoms with Crippen LogP contribution in [0.25, 0.3) is 11.5 Å². The number of carbonyl (C=O) groups is 1. The summed E-state index contributed by atoms with van der Waals surface area (Å²) < 4.78 is 5.62. The third-order valence-corrected chi connectivity index (χ3v) is 4.54. The highest BCUT2D eigenvalue weighted by Crippen LogP contribution is 2.24. The highest BCUT2D eigenvalue weighted by Gasteiger charge is 2.25. The Morgan fingerprint density at radius 3 is 3.14 bits per heavy atom. The number of aliphatic hydroxyl groups excluding tert-OH is 1. The molecule has 1 amide bonds. The summed E-state index contributed by atoms with van der Waals surface area (Å²) in [4.78, 5) is 16.4. The molecule has 0 saturated carbocycles. The van der Waals surface area contributed by atoms with Crippen LogP contribution in [0.2, 0.25) is 0 Å². The first-order chi connectivity index (χ1) is 10.6. The lowest BCUT2D eigenvalue weighted by atomic mass is 10.1. The number of oxazole rings is 1. The fourth-order valence-corrected chi connectivity index (χ4v) is 3.12. The Labute approximate surface area is 132 Å². The lowest BCUT2D eigenvalue weighted by Crippen LogP contribution is -2.35. The van der Waals surface area contributed by atoms with Crippen molar-refractivity contribution in [3.8, 4) is 11.5 Å². The molecule has 0 radical (unpaired) electrons. The summed E-state index contributed by atoms with van der Waals surface area (Å²) in [6.45, 7) is 3.61. The van der Waals surface area contributed by atoms with Gasteiger partial charge in [-0.25, -0.2) is 4.98 Å². The zero-order valence-electron chi connectivity index (χ0n) is 12.3. The minimum Gasteiger partial charge on any atom is -0.441 e. The molecule has 0 aromatic carbocycles. The number of aromatic nitrogens is 1. The second-order valence-electron chi connectivity index (χ2n) is 5.50. The molecular formula is C15H19N3O3S. The Bertz CT molecular complexity index is 639. The summed E-state index contributed by atoms with van der Waals surface area (Å²) in [5, 5.41) is 19.6. The maximum Gasteiger partial charge on any atom is 0.227 e. The van der Waals surface area contributed by atoms with E-state index in [0.717, 1.165) is 12.1 Å². The Kier molecular flexibility index (Phi) is 4.56. The molecule has 2 atom stereocenters. The second-order valence-corrected chi connectivity index (χ2v) is 6.28. The van der Waals surface area contributed by atoms with E-state index in [4.69, 9.17) is 4.42 Å². The van der Waals surface area contributed by atoms with Crippen molar-refractivity contribution in [2.75, 3.05) is 19.6 Å². The minimum absolute atomic E-state index is 0.0729. The zero-order valence-corrected chi connectivity index (χ0v) is 13.2. The number of aryl methyl sites for hydroxylation is 1. The van der Waals surface area contributed by atoms with E-state index in [1.807, 2.05) is 23.8 Å². The molecule has 1 aliphatic heterocycles. The number of thiophene rings is 1. The van der Waals surface area contributed by atoms with Crippen molar-refractivity contribution in [1.82, 2.24) is 15.6 Å². The van der Waals surface area contributed by atoms with Gasteiger partial charge >= 0.3 is 0 Å². The average molecular weight is 321 g/mol. The van der Waals surface area contributed by atoms with Crippen LogP contribution in [0.4, 0.5) is 0 Å². The van der Waals surface area contributed by atoms with E-state index in [0.29, 0.717) is 30.4 Å². The number of nitrogens with one attached hydrogen (secondary N) is 2. The van der Waals surface area contributed by atoms with Gasteiger partial charge in [0, 0.05) is 36.5 Å². The number of aliphatic hydroxyl groups is 1. The molecule has 1 saturated heterocycles. The smallest absolute Gasteiger partial charge is 0.227 e. The summed E-state index contributed by atoms with van der Waals surface area (Å²) in [5.41, 5.74) is 1.59. The summed E-state index contributed by atoms with van der Waals surface area (Å²) in [7, 11) is 0. The fraction of sp³-hybridized carbons (Fsp3) is 0.467. The molecule has 6 nitrogen and oxygen atoms in total. The monoisotopic (exact) mass is 321 g/mol. The Hall–Kier alpha value is -1.70. The molecular weight excluding hydrogens is 302 g/mol. The van der Waals surface area contributed by atoms with Gasteiger partial charge in [0.15, 0.2) is 0 Å². The van der Waals surface area contributed by atoms with Crippen LogP contribution < -0.4 is 10.6 Å². The Balaban J connectivity index is 1.57. The molecule has 3 N–H and O–H groups in total. The lowest BCUT2D eigenvalue weighted by Gasteiger charge is -2.13. The van der Waals surface area contributed by atoms with Crippen molar-refractivity contribution >= 4 is 17.2 Å². The molecule has 0 spiro atoms. The van der Waals surface area contributed by atoms with Crippen molar-refractivity contribution in [3.63, 3.8) is 0 Å². The number of β-amino-alcohol motifs (C(OH)–C–C–N with tert-alkyl or cyclic N) is 1. The molecule has 7 heteroatoms. The maximum atomic E-state index is 12.0. The highest BCUT2D eigenvalue weighted by molar-refractivity contribution is 7.08. The number of amides is 1. The predicted molar refractivity (Wildman–Crippen MR) is 83.6 cm³/mol. The number of hydrogen-bond donors (Lipinski definition) is 3. The molecule has 0 bridgehead atoms. The summed E-state index contributed by atoms with van der Waals surface area (Å²) in [6.07, 6.45) is -0.199. The van der Waals surface area contributed by atoms with Gasteiger partial charge in [-0.05, 0) is 18.4 Å². The van der Waals surface area contributed by atoms with E-state index in [9.17, 15) is 9.90 Å². The lowest BCUT2D eigenvalue weighted by molar-refractivity contribution is -0.120. The van der Waals surface area contributed by atoms with Gasteiger partial charge in [-0.15, -0.1) is 0 Å². The quantitative estimate of drug-likeness (QED) is 0.763. The predicted octanol–water partition coefficient (Wildman–Crippen LogP) is 0.951. The van der Waals surface area contributed by atoms with Gasteiger partial charge in [-0.3, -0.25) is 4.79 Å². The number of nitrogens with zero attached hydrogens (tertiary/aromatic N) is 1. The van der Waals surface area contributed by atoms with Gasteiger partial charge in [0.05, 0.1) is 18.2 Å². The van der Waals surface area contributed by atoms with E-state index in [2.05, 4.69) is 15.6 Å². The minimum atomic E-state index is -0.390. The van der Waals surface area contributed by atoms with E-state index < -0.39 is 0 Å². The molecule has 3 heterocycles. The molecule has 2 aromatic heterocycles. The Morgan fingerprint density at radius 2 is 2.45 bits per heavy atom.